The summed E-state index contributed by atoms with van der Waals surface area (Å²) in [6.45, 7) is 0. The Morgan fingerprint density at radius 2 is 2.23 bits per heavy atom. The van der Waals surface area contributed by atoms with E-state index in [-0.39, 0.29) is 10.4 Å². The monoisotopic (exact) mass is 214 g/mol. The van der Waals surface area contributed by atoms with Gasteiger partial charge in [-0.1, -0.05) is 6.07 Å². The van der Waals surface area contributed by atoms with Crippen LogP contribution in [-0.4, -0.2) is 18.0 Å². The van der Waals surface area contributed by atoms with Gasteiger partial charge >= 0.3 is 0 Å². The minimum absolute atomic E-state index is 0.164. The van der Waals surface area contributed by atoms with Crippen LogP contribution in [0.4, 0.5) is 0 Å². The zero-order valence-electron chi connectivity index (χ0n) is 6.26. The lowest BCUT2D eigenvalue weighted by atomic mass is 10.3. The van der Waals surface area contributed by atoms with Crippen molar-refractivity contribution in [1.29, 1.82) is 0 Å². The van der Waals surface area contributed by atoms with E-state index in [1.807, 2.05) is 0 Å². The van der Waals surface area contributed by atoms with E-state index in [0.717, 1.165) is 0 Å². The summed E-state index contributed by atoms with van der Waals surface area (Å²) >= 11 is 1.21. The molecule has 1 aromatic carbocycles. The Morgan fingerprint density at radius 3 is 2.92 bits per heavy atom. The van der Waals surface area contributed by atoms with E-state index < -0.39 is 10.1 Å². The molecule has 0 fully saturated rings. The van der Waals surface area contributed by atoms with Crippen LogP contribution < -0.4 is 0 Å². The summed E-state index contributed by atoms with van der Waals surface area (Å²) in [7, 11) is -4.18. The van der Waals surface area contributed by atoms with Crippen molar-refractivity contribution in [3.8, 4) is 0 Å². The lowest BCUT2D eigenvalue weighted by Crippen LogP contribution is -1.98. The molecule has 0 spiro atoms. The molecule has 0 amide bonds. The Bertz CT molecular complexity index is 544. The summed E-state index contributed by atoms with van der Waals surface area (Å²) in [5, 5.41) is 0. The predicted octanol–water partition coefficient (Wildman–Crippen LogP) is 1.34. The summed E-state index contributed by atoms with van der Waals surface area (Å²) in [6.07, 6.45) is 0. The minimum atomic E-state index is -4.18. The normalized spacial score (nSPS) is 12.1. The first-order valence-corrected chi connectivity index (χ1v) is 5.58. The quantitative estimate of drug-likeness (QED) is 0.727. The summed E-state index contributed by atoms with van der Waals surface area (Å²) < 4.78 is 31.2. The second kappa shape index (κ2) is 2.76. The van der Waals surface area contributed by atoms with E-state index >= 15 is 0 Å². The van der Waals surface area contributed by atoms with E-state index in [2.05, 4.69) is 10.5 Å². The second-order valence-electron chi connectivity index (χ2n) is 2.38. The van der Waals surface area contributed by atoms with Gasteiger partial charge in [0.15, 0.2) is 5.51 Å². The van der Waals surface area contributed by atoms with Crippen molar-refractivity contribution in [3.05, 3.63) is 23.7 Å². The lowest BCUT2D eigenvalue weighted by Gasteiger charge is -1.96. The number of para-hydroxylation sites is 1. The molecule has 67 valence electrons. The molecular formula is C7H4NO3S2. The number of thiazole rings is 1. The Labute approximate surface area is 78.6 Å². The van der Waals surface area contributed by atoms with E-state index in [0.29, 0.717) is 4.70 Å². The lowest BCUT2D eigenvalue weighted by molar-refractivity contribution is 0.484. The molecule has 0 aliphatic rings. The number of hydrogen-bond donors (Lipinski definition) is 1. The molecule has 1 heterocycles. The molecule has 1 N–H and O–H groups in total. The first kappa shape index (κ1) is 8.61. The van der Waals surface area contributed by atoms with Gasteiger partial charge in [-0.2, -0.15) is 8.42 Å². The number of nitrogens with zero attached hydrogens (tertiary/aromatic N) is 1. The highest BCUT2D eigenvalue weighted by Crippen LogP contribution is 2.23. The molecular weight excluding hydrogens is 210 g/mol. The fourth-order valence-corrected chi connectivity index (χ4v) is 2.37. The Hall–Kier alpha value is -0.980. The van der Waals surface area contributed by atoms with E-state index in [1.54, 1.807) is 12.1 Å². The number of rotatable bonds is 1. The first-order valence-electron chi connectivity index (χ1n) is 3.32. The first-order chi connectivity index (χ1) is 6.09. The van der Waals surface area contributed by atoms with Crippen LogP contribution in [0.2, 0.25) is 0 Å². The van der Waals surface area contributed by atoms with Crippen LogP contribution in [0.3, 0.4) is 0 Å². The molecule has 6 heteroatoms. The average molecular weight is 214 g/mol. The van der Waals surface area contributed by atoms with Gasteiger partial charge in [-0.05, 0) is 12.1 Å². The smallest absolute Gasteiger partial charge is 0.282 e. The van der Waals surface area contributed by atoms with Crippen LogP contribution in [0.15, 0.2) is 23.1 Å². The Morgan fingerprint density at radius 1 is 1.46 bits per heavy atom. The fraction of sp³-hybridized carbons (Fsp3) is 0. The maximum absolute atomic E-state index is 10.9. The zero-order valence-corrected chi connectivity index (χ0v) is 7.89. The molecule has 0 aliphatic carbocycles. The van der Waals surface area contributed by atoms with Gasteiger partial charge in [0.25, 0.3) is 10.1 Å². The molecule has 1 radical (unpaired) electrons. The minimum Gasteiger partial charge on any atom is -0.282 e. The third-order valence-corrected chi connectivity index (χ3v) is 3.17. The van der Waals surface area contributed by atoms with Gasteiger partial charge in [-0.25, -0.2) is 4.98 Å². The number of benzene rings is 1. The topological polar surface area (TPSA) is 67.3 Å². The van der Waals surface area contributed by atoms with Gasteiger partial charge in [0.05, 0.1) is 4.70 Å². The van der Waals surface area contributed by atoms with Crippen molar-refractivity contribution in [1.82, 2.24) is 4.98 Å². The highest BCUT2D eigenvalue weighted by Gasteiger charge is 2.14. The Balaban J connectivity index is 2.91. The molecule has 0 bridgehead atoms. The van der Waals surface area contributed by atoms with E-state index in [9.17, 15) is 8.42 Å². The summed E-state index contributed by atoms with van der Waals surface area (Å²) in [6, 6.07) is 4.58. The molecule has 0 saturated heterocycles. The van der Waals surface area contributed by atoms with Crippen molar-refractivity contribution in [2.24, 2.45) is 0 Å². The molecule has 0 atom stereocenters. The predicted molar refractivity (Wildman–Crippen MR) is 48.3 cm³/mol. The van der Waals surface area contributed by atoms with Gasteiger partial charge in [0, 0.05) is 0 Å². The summed E-state index contributed by atoms with van der Waals surface area (Å²) in [5.74, 6) is 0. The average Bonchev–Trinajstić information content (AvgIpc) is 2.48. The number of hydrogen-bond acceptors (Lipinski definition) is 4. The van der Waals surface area contributed by atoms with Crippen LogP contribution >= 0.6 is 11.3 Å². The van der Waals surface area contributed by atoms with Gasteiger partial charge in [-0.15, -0.1) is 11.3 Å². The summed E-state index contributed by atoms with van der Waals surface area (Å²) in [4.78, 5) is 3.58. The summed E-state index contributed by atoms with van der Waals surface area (Å²) in [5.41, 5.74) is 2.84. The van der Waals surface area contributed by atoms with Crippen molar-refractivity contribution in [2.75, 3.05) is 0 Å². The zero-order chi connectivity index (χ0) is 9.47. The maximum atomic E-state index is 10.9. The van der Waals surface area contributed by atoms with Crippen molar-refractivity contribution >= 4 is 31.7 Å². The molecule has 1 aromatic heterocycles. The SMILES string of the molecule is O=S(=O)(O)c1cccc2s[c]nc12. The van der Waals surface area contributed by atoms with Crippen molar-refractivity contribution < 1.29 is 13.0 Å². The number of aromatic nitrogens is 1. The van der Waals surface area contributed by atoms with E-state index in [4.69, 9.17) is 4.55 Å². The molecule has 0 aliphatic heterocycles. The molecule has 2 aromatic rings. The van der Waals surface area contributed by atoms with Crippen LogP contribution in [0.25, 0.3) is 10.2 Å². The van der Waals surface area contributed by atoms with Crippen LogP contribution in [-0.2, 0) is 10.1 Å². The van der Waals surface area contributed by atoms with Crippen LogP contribution in [0, 0.1) is 5.51 Å². The largest absolute Gasteiger partial charge is 0.296 e. The van der Waals surface area contributed by atoms with Gasteiger partial charge in [0.2, 0.25) is 0 Å². The molecule has 4 nitrogen and oxygen atoms in total. The van der Waals surface area contributed by atoms with E-state index in [1.165, 1.54) is 17.4 Å². The second-order valence-corrected chi connectivity index (χ2v) is 4.60. The van der Waals surface area contributed by atoms with Crippen molar-refractivity contribution in [3.63, 3.8) is 0 Å². The van der Waals surface area contributed by atoms with Gasteiger partial charge < -0.3 is 0 Å². The van der Waals surface area contributed by atoms with Gasteiger partial charge in [0.1, 0.15) is 10.4 Å². The molecule has 2 rings (SSSR count). The number of fused-ring (bicyclic) bond motifs is 1. The molecule has 0 unspecified atom stereocenters. The van der Waals surface area contributed by atoms with Crippen LogP contribution in [0.5, 0.6) is 0 Å². The third kappa shape index (κ3) is 1.43. The van der Waals surface area contributed by atoms with Crippen molar-refractivity contribution in [2.45, 2.75) is 4.90 Å². The van der Waals surface area contributed by atoms with Gasteiger partial charge in [-0.3, -0.25) is 4.55 Å². The highest BCUT2D eigenvalue weighted by atomic mass is 32.2. The molecule has 13 heavy (non-hydrogen) atoms. The fourth-order valence-electron chi connectivity index (χ4n) is 1.02. The maximum Gasteiger partial charge on any atom is 0.296 e. The Kier molecular flexibility index (Phi) is 1.83. The third-order valence-electron chi connectivity index (χ3n) is 1.55. The molecule has 0 saturated carbocycles. The standard InChI is InChI=1S/C7H4NO3S2/c9-13(10,11)6-3-1-2-5-7(6)8-4-12-5/h1-3H,(H,9,10,11). The highest BCUT2D eigenvalue weighted by molar-refractivity contribution is 7.86. The van der Waals surface area contributed by atoms with Crippen LogP contribution in [0.1, 0.15) is 0 Å².